The number of hydrogen-bond acceptors (Lipinski definition) is 5. The van der Waals surface area contributed by atoms with Crippen molar-refractivity contribution in [3.8, 4) is 5.75 Å². The smallest absolute Gasteiger partial charge is 0.221 e. The number of hydrogen-bond donors (Lipinski definition) is 2. The number of nitrogens with zero attached hydrogens (tertiary/aromatic N) is 2. The summed E-state index contributed by atoms with van der Waals surface area (Å²) in [6.07, 6.45) is 1.50. The van der Waals surface area contributed by atoms with Crippen LogP contribution in [0.1, 0.15) is 13.8 Å². The predicted molar refractivity (Wildman–Crippen MR) is 94.7 cm³/mol. The standard InChI is InChI=1S/C18H18N4O2/c1-3-24-17-10-15-14(9-16(17)21-12(2)23)18(20-11-19-15)22-13-7-5-4-6-8-13/h4-11H,3H2,1-2H3,(H,21,23)(H,19,20,22). The summed E-state index contributed by atoms with van der Waals surface area (Å²) in [4.78, 5) is 20.1. The van der Waals surface area contributed by atoms with E-state index in [2.05, 4.69) is 20.6 Å². The summed E-state index contributed by atoms with van der Waals surface area (Å²) >= 11 is 0. The third-order valence-corrected chi connectivity index (χ3v) is 3.38. The Hall–Kier alpha value is -3.15. The first-order valence-electron chi connectivity index (χ1n) is 7.68. The molecule has 6 heteroatoms. The molecule has 122 valence electrons. The van der Waals surface area contributed by atoms with E-state index in [0.29, 0.717) is 23.9 Å². The fourth-order valence-electron chi connectivity index (χ4n) is 2.40. The van der Waals surface area contributed by atoms with Crippen molar-refractivity contribution in [2.24, 2.45) is 0 Å². The van der Waals surface area contributed by atoms with Crippen molar-refractivity contribution in [1.29, 1.82) is 0 Å². The zero-order valence-electron chi connectivity index (χ0n) is 13.5. The number of amides is 1. The average Bonchev–Trinajstić information content (AvgIpc) is 2.57. The highest BCUT2D eigenvalue weighted by Gasteiger charge is 2.12. The number of benzene rings is 2. The van der Waals surface area contributed by atoms with Crippen LogP contribution >= 0.6 is 0 Å². The van der Waals surface area contributed by atoms with Crippen molar-refractivity contribution < 1.29 is 9.53 Å². The minimum atomic E-state index is -0.162. The molecule has 0 saturated carbocycles. The minimum absolute atomic E-state index is 0.162. The number of carbonyl (C=O) groups is 1. The van der Waals surface area contributed by atoms with Gasteiger partial charge in [0, 0.05) is 24.1 Å². The van der Waals surface area contributed by atoms with Crippen LogP contribution in [0.15, 0.2) is 48.8 Å². The molecule has 0 fully saturated rings. The molecule has 0 atom stereocenters. The summed E-state index contributed by atoms with van der Waals surface area (Å²) in [5.74, 6) is 1.09. The third-order valence-electron chi connectivity index (χ3n) is 3.38. The molecule has 3 aromatic rings. The number of carbonyl (C=O) groups excluding carboxylic acids is 1. The molecular formula is C18H18N4O2. The van der Waals surface area contributed by atoms with Crippen molar-refractivity contribution in [3.05, 3.63) is 48.8 Å². The Kier molecular flexibility index (Phi) is 4.56. The highest BCUT2D eigenvalue weighted by molar-refractivity contribution is 5.99. The van der Waals surface area contributed by atoms with Gasteiger partial charge in [-0.25, -0.2) is 9.97 Å². The third kappa shape index (κ3) is 3.43. The summed E-state index contributed by atoms with van der Waals surface area (Å²) in [6, 6.07) is 13.4. The van der Waals surface area contributed by atoms with E-state index in [1.54, 1.807) is 0 Å². The molecule has 6 nitrogen and oxygen atoms in total. The van der Waals surface area contributed by atoms with E-state index in [4.69, 9.17) is 4.74 Å². The summed E-state index contributed by atoms with van der Waals surface area (Å²) in [5.41, 5.74) is 2.26. The van der Waals surface area contributed by atoms with Gasteiger partial charge in [0.15, 0.2) is 0 Å². The Morgan fingerprint density at radius 2 is 1.96 bits per heavy atom. The molecule has 2 aromatic carbocycles. The number of fused-ring (bicyclic) bond motifs is 1. The van der Waals surface area contributed by atoms with Crippen molar-refractivity contribution >= 4 is 34.0 Å². The van der Waals surface area contributed by atoms with E-state index in [0.717, 1.165) is 16.6 Å². The minimum Gasteiger partial charge on any atom is -0.492 e. The van der Waals surface area contributed by atoms with Gasteiger partial charge in [-0.15, -0.1) is 0 Å². The van der Waals surface area contributed by atoms with Crippen molar-refractivity contribution in [3.63, 3.8) is 0 Å². The molecule has 2 N–H and O–H groups in total. The number of nitrogens with one attached hydrogen (secondary N) is 2. The molecular weight excluding hydrogens is 304 g/mol. The van der Waals surface area contributed by atoms with Gasteiger partial charge in [0.25, 0.3) is 0 Å². The first-order chi connectivity index (χ1) is 11.7. The molecule has 1 aromatic heterocycles. The molecule has 1 heterocycles. The van der Waals surface area contributed by atoms with Crippen LogP contribution in [0.3, 0.4) is 0 Å². The van der Waals surface area contributed by atoms with Gasteiger partial charge in [-0.1, -0.05) is 18.2 Å². The molecule has 0 aliphatic heterocycles. The van der Waals surface area contributed by atoms with E-state index in [1.165, 1.54) is 13.3 Å². The normalized spacial score (nSPS) is 10.4. The van der Waals surface area contributed by atoms with Crippen LogP contribution in [0.4, 0.5) is 17.2 Å². The van der Waals surface area contributed by atoms with Gasteiger partial charge < -0.3 is 15.4 Å². The molecule has 24 heavy (non-hydrogen) atoms. The first kappa shape index (κ1) is 15.7. The molecule has 0 saturated heterocycles. The van der Waals surface area contributed by atoms with Gasteiger partial charge >= 0.3 is 0 Å². The number of ether oxygens (including phenoxy) is 1. The summed E-state index contributed by atoms with van der Waals surface area (Å²) in [6.45, 7) is 3.85. The number of rotatable bonds is 5. The second-order valence-corrected chi connectivity index (χ2v) is 5.19. The van der Waals surface area contributed by atoms with Crippen molar-refractivity contribution in [1.82, 2.24) is 9.97 Å². The van der Waals surface area contributed by atoms with E-state index in [9.17, 15) is 4.79 Å². The highest BCUT2D eigenvalue weighted by Crippen LogP contribution is 2.33. The van der Waals surface area contributed by atoms with E-state index in [-0.39, 0.29) is 5.91 Å². The number of para-hydroxylation sites is 1. The van der Waals surface area contributed by atoms with Crippen LogP contribution in [0.25, 0.3) is 10.9 Å². The van der Waals surface area contributed by atoms with Gasteiger partial charge in [0.2, 0.25) is 5.91 Å². The lowest BCUT2D eigenvalue weighted by atomic mass is 10.2. The lowest BCUT2D eigenvalue weighted by Gasteiger charge is -2.14. The first-order valence-corrected chi connectivity index (χ1v) is 7.68. The van der Waals surface area contributed by atoms with Gasteiger partial charge in [0.05, 0.1) is 17.8 Å². The van der Waals surface area contributed by atoms with Crippen LogP contribution < -0.4 is 15.4 Å². The van der Waals surface area contributed by atoms with Crippen LogP contribution in [0, 0.1) is 0 Å². The Labute approximate surface area is 139 Å². The topological polar surface area (TPSA) is 76.1 Å². The SMILES string of the molecule is CCOc1cc2ncnc(Nc3ccccc3)c2cc1NC(C)=O. The van der Waals surface area contributed by atoms with Crippen LogP contribution in [-0.4, -0.2) is 22.5 Å². The summed E-state index contributed by atoms with van der Waals surface area (Å²) < 4.78 is 5.61. The molecule has 3 rings (SSSR count). The molecule has 1 amide bonds. The molecule has 0 aliphatic carbocycles. The monoisotopic (exact) mass is 322 g/mol. The zero-order valence-corrected chi connectivity index (χ0v) is 13.5. The quantitative estimate of drug-likeness (QED) is 0.748. The van der Waals surface area contributed by atoms with Crippen LogP contribution in [0.5, 0.6) is 5.75 Å². The van der Waals surface area contributed by atoms with Gasteiger partial charge in [-0.3, -0.25) is 4.79 Å². The predicted octanol–water partition coefficient (Wildman–Crippen LogP) is 3.73. The maximum atomic E-state index is 11.5. The van der Waals surface area contributed by atoms with E-state index >= 15 is 0 Å². The summed E-state index contributed by atoms with van der Waals surface area (Å²) in [5, 5.41) is 6.87. The Balaban J connectivity index is 2.08. The number of aromatic nitrogens is 2. The molecule has 0 bridgehead atoms. The molecule has 0 radical (unpaired) electrons. The molecule has 0 unspecified atom stereocenters. The highest BCUT2D eigenvalue weighted by atomic mass is 16.5. The lowest BCUT2D eigenvalue weighted by Crippen LogP contribution is -2.08. The summed E-state index contributed by atoms with van der Waals surface area (Å²) in [7, 11) is 0. The maximum absolute atomic E-state index is 11.5. The van der Waals surface area contributed by atoms with Gasteiger partial charge in [-0.2, -0.15) is 0 Å². The maximum Gasteiger partial charge on any atom is 0.221 e. The second-order valence-electron chi connectivity index (χ2n) is 5.19. The largest absolute Gasteiger partial charge is 0.492 e. The van der Waals surface area contributed by atoms with E-state index in [1.807, 2.05) is 49.4 Å². The Morgan fingerprint density at radius 3 is 2.67 bits per heavy atom. The van der Waals surface area contributed by atoms with Crippen molar-refractivity contribution in [2.45, 2.75) is 13.8 Å². The lowest BCUT2D eigenvalue weighted by molar-refractivity contribution is -0.114. The molecule has 0 aliphatic rings. The van der Waals surface area contributed by atoms with Gasteiger partial charge in [-0.05, 0) is 25.1 Å². The van der Waals surface area contributed by atoms with E-state index < -0.39 is 0 Å². The van der Waals surface area contributed by atoms with Gasteiger partial charge in [0.1, 0.15) is 17.9 Å². The second kappa shape index (κ2) is 6.95. The zero-order chi connectivity index (χ0) is 16.9. The fourth-order valence-corrected chi connectivity index (χ4v) is 2.40. The number of anilines is 3. The molecule has 0 spiro atoms. The fraction of sp³-hybridized carbons (Fsp3) is 0.167. The van der Waals surface area contributed by atoms with Crippen molar-refractivity contribution in [2.75, 3.05) is 17.2 Å². The Morgan fingerprint density at radius 1 is 1.17 bits per heavy atom. The van der Waals surface area contributed by atoms with Crippen LogP contribution in [-0.2, 0) is 4.79 Å². The van der Waals surface area contributed by atoms with Crippen LogP contribution in [0.2, 0.25) is 0 Å². The average molecular weight is 322 g/mol. The Bertz CT molecular complexity index is 866.